The molecule has 0 aliphatic rings. The molecule has 84 valence electrons. The van der Waals surface area contributed by atoms with E-state index in [1.165, 1.54) is 6.07 Å². The number of nitrogens with zero attached hydrogens (tertiary/aromatic N) is 1. The lowest BCUT2D eigenvalue weighted by Gasteiger charge is -2.08. The van der Waals surface area contributed by atoms with Gasteiger partial charge >= 0.3 is 0 Å². The Bertz CT molecular complexity index is 535. The molecule has 0 unspecified atom stereocenters. The molecular weight excluding hydrogens is 203 g/mol. The van der Waals surface area contributed by atoms with Crippen LogP contribution >= 0.6 is 0 Å². The van der Waals surface area contributed by atoms with Crippen molar-refractivity contribution in [2.45, 2.75) is 26.7 Å². The zero-order valence-electron chi connectivity index (χ0n) is 9.55. The number of pyridine rings is 1. The molecule has 0 bridgehead atoms. The van der Waals surface area contributed by atoms with Crippen LogP contribution in [0.4, 0.5) is 10.2 Å². The summed E-state index contributed by atoms with van der Waals surface area (Å²) in [6, 6.07) is 5.16. The van der Waals surface area contributed by atoms with Crippen LogP contribution in [0.1, 0.15) is 24.5 Å². The van der Waals surface area contributed by atoms with E-state index in [2.05, 4.69) is 11.9 Å². The van der Waals surface area contributed by atoms with Crippen molar-refractivity contribution in [3.63, 3.8) is 0 Å². The Kier molecular flexibility index (Phi) is 2.77. The molecule has 0 saturated carbocycles. The summed E-state index contributed by atoms with van der Waals surface area (Å²) in [7, 11) is 0. The van der Waals surface area contributed by atoms with E-state index in [-0.39, 0.29) is 5.82 Å². The quantitative estimate of drug-likeness (QED) is 0.840. The summed E-state index contributed by atoms with van der Waals surface area (Å²) in [6.07, 6.45) is 1.89. The lowest BCUT2D eigenvalue weighted by molar-refractivity contribution is 0.636. The smallest absolute Gasteiger partial charge is 0.149 e. The predicted molar refractivity (Wildman–Crippen MR) is 64.8 cm³/mol. The number of hydrogen-bond acceptors (Lipinski definition) is 2. The van der Waals surface area contributed by atoms with Crippen LogP contribution in [0.5, 0.6) is 0 Å². The van der Waals surface area contributed by atoms with E-state index in [9.17, 15) is 4.39 Å². The fourth-order valence-electron chi connectivity index (χ4n) is 1.89. The number of halogens is 1. The average Bonchev–Trinajstić information content (AvgIpc) is 2.26. The molecule has 1 heterocycles. The third-order valence-electron chi connectivity index (χ3n) is 2.79. The van der Waals surface area contributed by atoms with Crippen LogP contribution < -0.4 is 5.73 Å². The van der Waals surface area contributed by atoms with Gasteiger partial charge in [-0.25, -0.2) is 9.37 Å². The fourth-order valence-corrected chi connectivity index (χ4v) is 1.89. The van der Waals surface area contributed by atoms with Gasteiger partial charge in [-0.1, -0.05) is 19.4 Å². The lowest BCUT2D eigenvalue weighted by atomic mass is 10.0. The molecule has 1 aromatic heterocycles. The maximum Gasteiger partial charge on any atom is 0.149 e. The first-order valence-electron chi connectivity index (χ1n) is 5.47. The van der Waals surface area contributed by atoms with E-state index in [1.54, 1.807) is 6.07 Å². The number of aromatic nitrogens is 1. The number of nitrogens with two attached hydrogens (primary N) is 1. The van der Waals surface area contributed by atoms with Crippen molar-refractivity contribution < 1.29 is 4.39 Å². The van der Waals surface area contributed by atoms with Gasteiger partial charge in [-0.2, -0.15) is 0 Å². The minimum atomic E-state index is -0.310. The van der Waals surface area contributed by atoms with Crippen molar-refractivity contribution in [2.24, 2.45) is 0 Å². The number of aryl methyl sites for hydroxylation is 2. The normalized spacial score (nSPS) is 10.9. The van der Waals surface area contributed by atoms with Gasteiger partial charge in [0, 0.05) is 5.39 Å². The molecule has 1 aromatic carbocycles. The van der Waals surface area contributed by atoms with E-state index in [4.69, 9.17) is 5.73 Å². The Hall–Kier alpha value is -1.64. The van der Waals surface area contributed by atoms with Gasteiger partial charge in [-0.15, -0.1) is 0 Å². The highest BCUT2D eigenvalue weighted by Crippen LogP contribution is 2.24. The van der Waals surface area contributed by atoms with Crippen molar-refractivity contribution in [3.8, 4) is 0 Å². The molecule has 0 amide bonds. The maximum atomic E-state index is 13.5. The monoisotopic (exact) mass is 218 g/mol. The van der Waals surface area contributed by atoms with Gasteiger partial charge in [0.1, 0.15) is 17.2 Å². The van der Waals surface area contributed by atoms with Gasteiger partial charge < -0.3 is 5.73 Å². The largest absolute Gasteiger partial charge is 0.383 e. The van der Waals surface area contributed by atoms with Gasteiger partial charge in [0.05, 0.1) is 0 Å². The molecule has 3 heteroatoms. The first kappa shape index (κ1) is 10.9. The van der Waals surface area contributed by atoms with Crippen molar-refractivity contribution in [2.75, 3.05) is 5.73 Å². The summed E-state index contributed by atoms with van der Waals surface area (Å²) in [4.78, 5) is 4.16. The highest BCUT2D eigenvalue weighted by atomic mass is 19.1. The molecule has 0 fully saturated rings. The summed E-state index contributed by atoms with van der Waals surface area (Å²) in [5.74, 6) is 0.134. The molecule has 2 rings (SSSR count). The van der Waals surface area contributed by atoms with Gasteiger partial charge in [-0.05, 0) is 36.6 Å². The second kappa shape index (κ2) is 4.08. The van der Waals surface area contributed by atoms with Gasteiger partial charge in [0.2, 0.25) is 0 Å². The maximum absolute atomic E-state index is 13.5. The lowest BCUT2D eigenvalue weighted by Crippen LogP contribution is -2.00. The van der Waals surface area contributed by atoms with Crippen LogP contribution in [-0.2, 0) is 6.42 Å². The zero-order chi connectivity index (χ0) is 11.7. The molecule has 2 aromatic rings. The highest BCUT2D eigenvalue weighted by Gasteiger charge is 2.08. The second-order valence-corrected chi connectivity index (χ2v) is 4.04. The van der Waals surface area contributed by atoms with Crippen LogP contribution in [0.25, 0.3) is 10.9 Å². The Morgan fingerprint density at radius 2 is 2.12 bits per heavy atom. The molecule has 0 aliphatic heterocycles. The Morgan fingerprint density at radius 1 is 1.38 bits per heavy atom. The summed E-state index contributed by atoms with van der Waals surface area (Å²) in [5.41, 5.74) is 8.22. The molecule has 2 N–H and O–H groups in total. The average molecular weight is 218 g/mol. The van der Waals surface area contributed by atoms with Gasteiger partial charge in [0.15, 0.2) is 0 Å². The number of benzene rings is 1. The molecule has 0 spiro atoms. The molecule has 0 atom stereocenters. The molecular formula is C13H15FN2. The summed E-state index contributed by atoms with van der Waals surface area (Å²) in [5, 5.41) is 0.859. The van der Waals surface area contributed by atoms with Crippen LogP contribution in [-0.4, -0.2) is 4.98 Å². The van der Waals surface area contributed by atoms with Crippen molar-refractivity contribution >= 4 is 16.7 Å². The van der Waals surface area contributed by atoms with Crippen LogP contribution in [0, 0.1) is 12.7 Å². The number of nitrogen functional groups attached to an aromatic ring is 1. The topological polar surface area (TPSA) is 38.9 Å². The van der Waals surface area contributed by atoms with Gasteiger partial charge in [-0.3, -0.25) is 0 Å². The minimum absolute atomic E-state index is 0.310. The van der Waals surface area contributed by atoms with Crippen LogP contribution in [0.15, 0.2) is 18.2 Å². The molecule has 0 aliphatic carbocycles. The van der Waals surface area contributed by atoms with E-state index in [1.807, 2.05) is 13.0 Å². The summed E-state index contributed by atoms with van der Waals surface area (Å²) >= 11 is 0. The summed E-state index contributed by atoms with van der Waals surface area (Å²) in [6.45, 7) is 4.04. The van der Waals surface area contributed by atoms with Gasteiger partial charge in [0.25, 0.3) is 0 Å². The molecule has 0 saturated heterocycles. The van der Waals surface area contributed by atoms with Crippen molar-refractivity contribution in [1.82, 2.24) is 4.98 Å². The predicted octanol–water partition coefficient (Wildman–Crippen LogP) is 3.22. The molecule has 2 nitrogen and oxygen atoms in total. The molecule has 16 heavy (non-hydrogen) atoms. The highest BCUT2D eigenvalue weighted by molar-refractivity contribution is 5.85. The van der Waals surface area contributed by atoms with Crippen LogP contribution in [0.3, 0.4) is 0 Å². The Morgan fingerprint density at radius 3 is 2.81 bits per heavy atom. The van der Waals surface area contributed by atoms with E-state index < -0.39 is 0 Å². The number of hydrogen-bond donors (Lipinski definition) is 1. The minimum Gasteiger partial charge on any atom is -0.383 e. The standard InChI is InChI=1S/C13H15FN2/c1-3-4-9-7-10-8(2)5-6-11(14)12(10)16-13(9)15/h5-7H,3-4H2,1-2H3,(H2,15,16). The third-order valence-corrected chi connectivity index (χ3v) is 2.79. The second-order valence-electron chi connectivity index (χ2n) is 4.04. The first-order valence-corrected chi connectivity index (χ1v) is 5.47. The molecule has 0 radical (unpaired) electrons. The first-order chi connectivity index (χ1) is 7.63. The zero-order valence-corrected chi connectivity index (χ0v) is 9.55. The number of rotatable bonds is 2. The SMILES string of the molecule is CCCc1cc2c(C)ccc(F)c2nc1N. The van der Waals surface area contributed by atoms with Crippen LogP contribution in [0.2, 0.25) is 0 Å². The van der Waals surface area contributed by atoms with Crippen molar-refractivity contribution in [1.29, 1.82) is 0 Å². The Labute approximate surface area is 94.3 Å². The van der Waals surface area contributed by atoms with E-state index >= 15 is 0 Å². The number of anilines is 1. The fraction of sp³-hybridized carbons (Fsp3) is 0.308. The summed E-state index contributed by atoms with van der Waals surface area (Å²) < 4.78 is 13.5. The Balaban J connectivity index is 2.73. The number of fused-ring (bicyclic) bond motifs is 1. The van der Waals surface area contributed by atoms with E-state index in [0.29, 0.717) is 11.3 Å². The third kappa shape index (κ3) is 1.73. The van der Waals surface area contributed by atoms with E-state index in [0.717, 1.165) is 29.4 Å². The van der Waals surface area contributed by atoms with Crippen molar-refractivity contribution in [3.05, 3.63) is 35.1 Å².